The lowest BCUT2D eigenvalue weighted by molar-refractivity contribution is -0.115. The summed E-state index contributed by atoms with van der Waals surface area (Å²) in [6, 6.07) is 7.23. The van der Waals surface area contributed by atoms with E-state index in [-0.39, 0.29) is 18.9 Å². The number of benzene rings is 1. The fourth-order valence-electron chi connectivity index (χ4n) is 1.71. The van der Waals surface area contributed by atoms with Crippen LogP contribution in [-0.4, -0.2) is 67.6 Å². The molecule has 2 N–H and O–H groups in total. The van der Waals surface area contributed by atoms with Crippen LogP contribution in [0.1, 0.15) is 0 Å². The van der Waals surface area contributed by atoms with Crippen molar-refractivity contribution in [1.29, 1.82) is 0 Å². The number of carbonyl (C=O) groups excluding carboxylic acids is 1. The van der Waals surface area contributed by atoms with Crippen LogP contribution in [0.5, 0.6) is 0 Å². The van der Waals surface area contributed by atoms with Crippen molar-refractivity contribution in [1.82, 2.24) is 4.72 Å². The highest BCUT2D eigenvalue weighted by molar-refractivity contribution is 7.89. The van der Waals surface area contributed by atoms with E-state index in [1.165, 1.54) is 7.11 Å². The Kier molecular flexibility index (Phi) is 8.69. The molecule has 0 aliphatic heterocycles. The molecular weight excluding hydrogens is 334 g/mol. The van der Waals surface area contributed by atoms with Crippen molar-refractivity contribution in [2.45, 2.75) is 0 Å². The normalized spacial score (nSPS) is 11.3. The first-order valence-corrected chi connectivity index (χ1v) is 9.10. The molecule has 0 aliphatic rings. The van der Waals surface area contributed by atoms with Gasteiger partial charge in [-0.2, -0.15) is 0 Å². The summed E-state index contributed by atoms with van der Waals surface area (Å²) in [6.07, 6.45) is 0. The smallest absolute Gasteiger partial charge is 0.239 e. The molecule has 0 heterocycles. The first-order chi connectivity index (χ1) is 11.3. The molecule has 0 radical (unpaired) electrons. The van der Waals surface area contributed by atoms with Gasteiger partial charge in [0.25, 0.3) is 0 Å². The first-order valence-electron chi connectivity index (χ1n) is 7.45. The van der Waals surface area contributed by atoms with Crippen molar-refractivity contribution in [2.24, 2.45) is 0 Å². The minimum absolute atomic E-state index is 0.0479. The van der Waals surface area contributed by atoms with Gasteiger partial charge in [0, 0.05) is 32.6 Å². The lowest BCUT2D eigenvalue weighted by atomic mass is 10.2. The predicted molar refractivity (Wildman–Crippen MR) is 93.9 cm³/mol. The van der Waals surface area contributed by atoms with E-state index in [0.717, 1.165) is 5.69 Å². The van der Waals surface area contributed by atoms with Crippen LogP contribution in [0, 0.1) is 0 Å². The second kappa shape index (κ2) is 10.2. The average Bonchev–Trinajstić information content (AvgIpc) is 2.53. The molecular formula is C15H25N3O5S. The Labute approximate surface area is 143 Å². The minimum atomic E-state index is -3.56. The number of anilines is 2. The largest absolute Gasteiger partial charge is 0.382 e. The summed E-state index contributed by atoms with van der Waals surface area (Å²) in [6.45, 7) is 0.458. The number of carbonyl (C=O) groups is 1. The topological polar surface area (TPSA) is 97.0 Å². The highest BCUT2D eigenvalue weighted by atomic mass is 32.2. The molecule has 1 rings (SSSR count). The minimum Gasteiger partial charge on any atom is -0.382 e. The highest BCUT2D eigenvalue weighted by Crippen LogP contribution is 2.15. The molecule has 0 fully saturated rings. The maximum absolute atomic E-state index is 11.8. The second-order valence-corrected chi connectivity index (χ2v) is 7.16. The number of hydrogen-bond donors (Lipinski definition) is 2. The molecule has 0 bridgehead atoms. The lowest BCUT2D eigenvalue weighted by Gasteiger charge is -2.13. The standard InChI is InChI=1S/C15H25N3O5S/c1-18(2)14-6-4-13(5-7-14)17-15(19)12-16-24(20,21)11-10-23-9-8-22-3/h4-7,16H,8-12H2,1-3H3,(H,17,19). The third kappa shape index (κ3) is 8.25. The lowest BCUT2D eigenvalue weighted by Crippen LogP contribution is -2.35. The van der Waals surface area contributed by atoms with E-state index >= 15 is 0 Å². The van der Waals surface area contributed by atoms with Crippen LogP contribution in [0.4, 0.5) is 11.4 Å². The van der Waals surface area contributed by atoms with Crippen molar-refractivity contribution in [3.8, 4) is 0 Å². The fraction of sp³-hybridized carbons (Fsp3) is 0.533. The van der Waals surface area contributed by atoms with Gasteiger partial charge in [-0.3, -0.25) is 4.79 Å². The second-order valence-electron chi connectivity index (χ2n) is 5.23. The average molecular weight is 359 g/mol. The number of methoxy groups -OCH3 is 1. The van der Waals surface area contributed by atoms with Crippen molar-refractivity contribution in [3.05, 3.63) is 24.3 Å². The SMILES string of the molecule is COCCOCCS(=O)(=O)NCC(=O)Nc1ccc(N(C)C)cc1. The number of rotatable bonds is 11. The van der Waals surface area contributed by atoms with Gasteiger partial charge < -0.3 is 19.7 Å². The van der Waals surface area contributed by atoms with Crippen molar-refractivity contribution < 1.29 is 22.7 Å². The maximum Gasteiger partial charge on any atom is 0.239 e. The van der Waals surface area contributed by atoms with Gasteiger partial charge in [0.15, 0.2) is 0 Å². The third-order valence-corrected chi connectivity index (χ3v) is 4.34. The van der Waals surface area contributed by atoms with Crippen LogP contribution in [-0.2, 0) is 24.3 Å². The summed E-state index contributed by atoms with van der Waals surface area (Å²) in [5, 5.41) is 2.63. The first kappa shape index (κ1) is 20.4. The molecule has 1 aromatic carbocycles. The van der Waals surface area contributed by atoms with Gasteiger partial charge in [-0.15, -0.1) is 0 Å². The Balaban J connectivity index is 2.34. The van der Waals surface area contributed by atoms with E-state index in [4.69, 9.17) is 9.47 Å². The number of hydrogen-bond acceptors (Lipinski definition) is 6. The molecule has 0 saturated heterocycles. The number of nitrogens with zero attached hydrogens (tertiary/aromatic N) is 1. The van der Waals surface area contributed by atoms with Gasteiger partial charge in [0.1, 0.15) is 0 Å². The molecule has 0 aromatic heterocycles. The number of amides is 1. The van der Waals surface area contributed by atoms with Crippen LogP contribution in [0.3, 0.4) is 0 Å². The van der Waals surface area contributed by atoms with Crippen molar-refractivity contribution in [2.75, 3.05) is 63.5 Å². The zero-order valence-electron chi connectivity index (χ0n) is 14.2. The van der Waals surface area contributed by atoms with Crippen molar-refractivity contribution in [3.63, 3.8) is 0 Å². The number of ether oxygens (including phenoxy) is 2. The molecule has 24 heavy (non-hydrogen) atoms. The van der Waals surface area contributed by atoms with Gasteiger partial charge >= 0.3 is 0 Å². The summed E-state index contributed by atoms with van der Waals surface area (Å²) in [4.78, 5) is 13.7. The Morgan fingerprint density at radius 3 is 2.38 bits per heavy atom. The third-order valence-electron chi connectivity index (χ3n) is 3.05. The highest BCUT2D eigenvalue weighted by Gasteiger charge is 2.12. The molecule has 0 unspecified atom stereocenters. The van der Waals surface area contributed by atoms with E-state index in [1.807, 2.05) is 31.1 Å². The summed E-state index contributed by atoms with van der Waals surface area (Å²) in [7, 11) is 1.81. The van der Waals surface area contributed by atoms with Crippen LogP contribution < -0.4 is 14.9 Å². The van der Waals surface area contributed by atoms with Crippen LogP contribution in [0.25, 0.3) is 0 Å². The fourth-order valence-corrected chi connectivity index (χ4v) is 2.54. The molecule has 1 aromatic rings. The zero-order chi connectivity index (χ0) is 18.0. The Hall–Kier alpha value is -1.68. The monoisotopic (exact) mass is 359 g/mol. The molecule has 136 valence electrons. The van der Waals surface area contributed by atoms with Crippen LogP contribution >= 0.6 is 0 Å². The van der Waals surface area contributed by atoms with E-state index in [0.29, 0.717) is 18.9 Å². The molecule has 1 amide bonds. The molecule has 8 nitrogen and oxygen atoms in total. The Bertz CT molecular complexity index is 602. The summed E-state index contributed by atoms with van der Waals surface area (Å²) in [5.74, 6) is -0.641. The molecule has 0 spiro atoms. The van der Waals surface area contributed by atoms with E-state index in [1.54, 1.807) is 12.1 Å². The quantitative estimate of drug-likeness (QED) is 0.551. The molecule has 9 heteroatoms. The van der Waals surface area contributed by atoms with Gasteiger partial charge in [-0.05, 0) is 24.3 Å². The van der Waals surface area contributed by atoms with Gasteiger partial charge in [0.2, 0.25) is 15.9 Å². The number of sulfonamides is 1. The summed E-state index contributed by atoms with van der Waals surface area (Å²) in [5.41, 5.74) is 1.61. The van der Waals surface area contributed by atoms with Crippen LogP contribution in [0.2, 0.25) is 0 Å². The predicted octanol–water partition coefficient (Wildman–Crippen LogP) is 0.274. The van der Waals surface area contributed by atoms with Gasteiger partial charge in [0.05, 0.1) is 32.1 Å². The van der Waals surface area contributed by atoms with E-state index < -0.39 is 15.9 Å². The Morgan fingerprint density at radius 1 is 1.12 bits per heavy atom. The van der Waals surface area contributed by atoms with E-state index in [9.17, 15) is 13.2 Å². The number of nitrogens with one attached hydrogen (secondary N) is 2. The molecule has 0 atom stereocenters. The van der Waals surface area contributed by atoms with Gasteiger partial charge in [-0.1, -0.05) is 0 Å². The molecule has 0 aliphatic carbocycles. The van der Waals surface area contributed by atoms with Crippen LogP contribution in [0.15, 0.2) is 24.3 Å². The molecule has 0 saturated carbocycles. The summed E-state index contributed by atoms with van der Waals surface area (Å²) < 4.78 is 35.6. The van der Waals surface area contributed by atoms with Gasteiger partial charge in [-0.25, -0.2) is 13.1 Å². The van der Waals surface area contributed by atoms with Crippen molar-refractivity contribution >= 4 is 27.3 Å². The van der Waals surface area contributed by atoms with E-state index in [2.05, 4.69) is 10.0 Å². The summed E-state index contributed by atoms with van der Waals surface area (Å²) >= 11 is 0. The maximum atomic E-state index is 11.8. The zero-order valence-corrected chi connectivity index (χ0v) is 15.1. The Morgan fingerprint density at radius 2 is 1.79 bits per heavy atom.